The highest BCUT2D eigenvalue weighted by Gasteiger charge is 2.42. The van der Waals surface area contributed by atoms with Gasteiger partial charge in [0.15, 0.2) is 0 Å². The molecule has 0 bridgehead atoms. The van der Waals surface area contributed by atoms with Crippen molar-refractivity contribution in [2.45, 2.75) is 57.5 Å². The number of ether oxygens (including phenoxy) is 3. The van der Waals surface area contributed by atoms with E-state index in [4.69, 9.17) is 19.9 Å². The third-order valence-corrected chi connectivity index (χ3v) is 3.21. The minimum Gasteiger partial charge on any atom is -0.382 e. The van der Waals surface area contributed by atoms with E-state index in [0.717, 1.165) is 12.8 Å². The van der Waals surface area contributed by atoms with E-state index >= 15 is 0 Å². The maximum Gasteiger partial charge on any atom is 0.0990 e. The number of nitrogens with two attached hydrogens (primary N) is 1. The number of hydrogen-bond acceptors (Lipinski definition) is 4. The molecule has 0 aromatic carbocycles. The fourth-order valence-corrected chi connectivity index (χ4v) is 1.72. The van der Waals surface area contributed by atoms with Crippen molar-refractivity contribution in [2.75, 3.05) is 20.3 Å². The van der Waals surface area contributed by atoms with Crippen LogP contribution in [0.2, 0.25) is 0 Å². The molecular formula is C12H25NO3. The minimum absolute atomic E-state index is 0.0287. The lowest BCUT2D eigenvalue weighted by molar-refractivity contribution is -0.189. The van der Waals surface area contributed by atoms with Crippen LogP contribution in [0.25, 0.3) is 0 Å². The quantitative estimate of drug-likeness (QED) is 0.671. The zero-order valence-electron chi connectivity index (χ0n) is 10.9. The van der Waals surface area contributed by atoms with Crippen molar-refractivity contribution in [3.63, 3.8) is 0 Å². The lowest BCUT2D eigenvalue weighted by Gasteiger charge is -2.45. The van der Waals surface area contributed by atoms with Crippen LogP contribution in [0, 0.1) is 0 Å². The zero-order chi connectivity index (χ0) is 12.2. The summed E-state index contributed by atoms with van der Waals surface area (Å²) in [5.74, 6) is 0. The highest BCUT2D eigenvalue weighted by atomic mass is 16.6. The van der Waals surface area contributed by atoms with Gasteiger partial charge in [-0.25, -0.2) is 0 Å². The van der Waals surface area contributed by atoms with Gasteiger partial charge in [-0.1, -0.05) is 6.92 Å². The van der Waals surface area contributed by atoms with Crippen molar-refractivity contribution in [1.29, 1.82) is 0 Å². The number of rotatable bonds is 7. The normalized spacial score (nSPS) is 30.2. The van der Waals surface area contributed by atoms with Crippen LogP contribution in [0.5, 0.6) is 0 Å². The maximum atomic E-state index is 5.99. The summed E-state index contributed by atoms with van der Waals surface area (Å²) in [5, 5.41) is 0. The molecule has 4 nitrogen and oxygen atoms in total. The Hall–Kier alpha value is -0.160. The molecule has 96 valence electrons. The summed E-state index contributed by atoms with van der Waals surface area (Å²) < 4.78 is 16.6. The molecule has 0 amide bonds. The largest absolute Gasteiger partial charge is 0.382 e. The second-order valence-electron chi connectivity index (χ2n) is 5.00. The SMILES string of the molecule is CCC(C)(C)OC1CC(N)C1OCCOC. The van der Waals surface area contributed by atoms with E-state index in [1.165, 1.54) is 0 Å². The number of methoxy groups -OCH3 is 1. The summed E-state index contributed by atoms with van der Waals surface area (Å²) in [4.78, 5) is 0. The molecule has 0 radical (unpaired) electrons. The molecule has 1 rings (SSSR count). The first kappa shape index (κ1) is 13.9. The topological polar surface area (TPSA) is 53.7 Å². The highest BCUT2D eigenvalue weighted by Crippen LogP contribution is 2.30. The first-order chi connectivity index (χ1) is 7.50. The first-order valence-corrected chi connectivity index (χ1v) is 6.04. The highest BCUT2D eigenvalue weighted by molar-refractivity contribution is 4.96. The fourth-order valence-electron chi connectivity index (χ4n) is 1.72. The zero-order valence-corrected chi connectivity index (χ0v) is 10.9. The van der Waals surface area contributed by atoms with Crippen molar-refractivity contribution in [2.24, 2.45) is 5.73 Å². The van der Waals surface area contributed by atoms with Crippen molar-refractivity contribution in [3.8, 4) is 0 Å². The molecule has 3 atom stereocenters. The van der Waals surface area contributed by atoms with Gasteiger partial charge in [-0.15, -0.1) is 0 Å². The van der Waals surface area contributed by atoms with E-state index in [2.05, 4.69) is 20.8 Å². The van der Waals surface area contributed by atoms with E-state index in [-0.39, 0.29) is 23.9 Å². The second-order valence-corrected chi connectivity index (χ2v) is 5.00. The van der Waals surface area contributed by atoms with Gasteiger partial charge in [0, 0.05) is 13.2 Å². The molecule has 1 aliphatic carbocycles. The van der Waals surface area contributed by atoms with Crippen LogP contribution in [0.3, 0.4) is 0 Å². The van der Waals surface area contributed by atoms with Gasteiger partial charge in [0.05, 0.1) is 31.0 Å². The third-order valence-electron chi connectivity index (χ3n) is 3.21. The van der Waals surface area contributed by atoms with Gasteiger partial charge >= 0.3 is 0 Å². The summed E-state index contributed by atoms with van der Waals surface area (Å²) in [6, 6.07) is 0.106. The third kappa shape index (κ3) is 3.70. The van der Waals surface area contributed by atoms with Crippen molar-refractivity contribution >= 4 is 0 Å². The smallest absolute Gasteiger partial charge is 0.0990 e. The molecule has 0 spiro atoms. The first-order valence-electron chi connectivity index (χ1n) is 6.04. The van der Waals surface area contributed by atoms with Gasteiger partial charge in [0.25, 0.3) is 0 Å². The van der Waals surface area contributed by atoms with Crippen LogP contribution in [0.1, 0.15) is 33.6 Å². The average molecular weight is 231 g/mol. The van der Waals surface area contributed by atoms with Crippen molar-refractivity contribution in [1.82, 2.24) is 0 Å². The molecule has 3 unspecified atom stereocenters. The van der Waals surface area contributed by atoms with Crippen molar-refractivity contribution < 1.29 is 14.2 Å². The lowest BCUT2D eigenvalue weighted by atomic mass is 9.85. The summed E-state index contributed by atoms with van der Waals surface area (Å²) >= 11 is 0. The molecule has 0 aromatic rings. The standard InChI is InChI=1S/C12H25NO3/c1-5-12(2,3)16-10-8-9(13)11(10)15-7-6-14-4/h9-11H,5-8,13H2,1-4H3. The summed E-state index contributed by atoms with van der Waals surface area (Å²) in [5.41, 5.74) is 5.82. The predicted octanol–water partition coefficient (Wildman–Crippen LogP) is 1.32. The predicted molar refractivity (Wildman–Crippen MR) is 63.5 cm³/mol. The number of hydrogen-bond donors (Lipinski definition) is 1. The van der Waals surface area contributed by atoms with Gasteiger partial charge in [-0.3, -0.25) is 0 Å². The van der Waals surface area contributed by atoms with E-state index in [1.807, 2.05) is 0 Å². The Morgan fingerprint density at radius 2 is 2.00 bits per heavy atom. The maximum absolute atomic E-state index is 5.99. The van der Waals surface area contributed by atoms with Crippen LogP contribution in [0.4, 0.5) is 0 Å². The van der Waals surface area contributed by atoms with Crippen LogP contribution < -0.4 is 5.73 Å². The van der Waals surface area contributed by atoms with Crippen LogP contribution in [-0.2, 0) is 14.2 Å². The Morgan fingerprint density at radius 1 is 1.31 bits per heavy atom. The van der Waals surface area contributed by atoms with Gasteiger partial charge in [-0.05, 0) is 26.7 Å². The molecule has 0 saturated heterocycles. The molecular weight excluding hydrogens is 206 g/mol. The lowest BCUT2D eigenvalue weighted by Crippen LogP contribution is -2.60. The van der Waals surface area contributed by atoms with Crippen LogP contribution in [-0.4, -0.2) is 44.2 Å². The Bertz CT molecular complexity index is 208. The molecule has 2 N–H and O–H groups in total. The van der Waals surface area contributed by atoms with Crippen LogP contribution >= 0.6 is 0 Å². The van der Waals surface area contributed by atoms with Crippen LogP contribution in [0.15, 0.2) is 0 Å². The minimum atomic E-state index is -0.0896. The molecule has 0 aliphatic heterocycles. The Labute approximate surface area is 98.4 Å². The molecule has 4 heteroatoms. The Kier molecular flexibility index (Phi) is 5.18. The molecule has 16 heavy (non-hydrogen) atoms. The Morgan fingerprint density at radius 3 is 2.50 bits per heavy atom. The fraction of sp³-hybridized carbons (Fsp3) is 1.00. The van der Waals surface area contributed by atoms with E-state index in [9.17, 15) is 0 Å². The van der Waals surface area contributed by atoms with Gasteiger partial charge in [0.2, 0.25) is 0 Å². The van der Waals surface area contributed by atoms with E-state index in [1.54, 1.807) is 7.11 Å². The van der Waals surface area contributed by atoms with Gasteiger partial charge in [0.1, 0.15) is 0 Å². The summed E-state index contributed by atoms with van der Waals surface area (Å²) in [6.07, 6.45) is 2.05. The van der Waals surface area contributed by atoms with Gasteiger partial charge < -0.3 is 19.9 Å². The monoisotopic (exact) mass is 231 g/mol. The molecule has 1 saturated carbocycles. The summed E-state index contributed by atoms with van der Waals surface area (Å²) in [7, 11) is 1.66. The molecule has 1 aliphatic rings. The summed E-state index contributed by atoms with van der Waals surface area (Å²) in [6.45, 7) is 7.51. The van der Waals surface area contributed by atoms with Crippen molar-refractivity contribution in [3.05, 3.63) is 0 Å². The Balaban J connectivity index is 2.32. The second kappa shape index (κ2) is 5.96. The molecule has 0 heterocycles. The van der Waals surface area contributed by atoms with Gasteiger partial charge in [-0.2, -0.15) is 0 Å². The molecule has 0 aromatic heterocycles. The van der Waals surface area contributed by atoms with E-state index < -0.39 is 0 Å². The molecule has 1 fully saturated rings. The van der Waals surface area contributed by atoms with E-state index in [0.29, 0.717) is 13.2 Å². The average Bonchev–Trinajstić information content (AvgIpc) is 2.23.